The van der Waals surface area contributed by atoms with Crippen molar-refractivity contribution in [2.24, 2.45) is 0 Å². The van der Waals surface area contributed by atoms with Crippen LogP contribution < -0.4 is 37.9 Å². The third-order valence-electron chi connectivity index (χ3n) is 16.8. The van der Waals surface area contributed by atoms with Gasteiger partial charge in [-0.15, -0.1) is 0 Å². The van der Waals surface area contributed by atoms with Gasteiger partial charge in [-0.25, -0.2) is 26.4 Å². The molecule has 26 heteroatoms. The highest BCUT2D eigenvalue weighted by atomic mass is 32.2. The lowest BCUT2D eigenvalue weighted by atomic mass is 9.86. The van der Waals surface area contributed by atoms with Crippen LogP contribution in [0.25, 0.3) is 0 Å². The van der Waals surface area contributed by atoms with Crippen LogP contribution in [0, 0.1) is 0 Å². The Balaban J connectivity index is 0.000000592. The summed E-state index contributed by atoms with van der Waals surface area (Å²) in [6.07, 6.45) is 2.55. The Labute approximate surface area is 550 Å². The van der Waals surface area contributed by atoms with E-state index in [1.807, 2.05) is 60.7 Å². The average Bonchev–Trinajstić information content (AvgIpc) is 0.761. The molecule has 2 heterocycles. The van der Waals surface area contributed by atoms with Gasteiger partial charge in [-0.05, 0) is 121 Å². The summed E-state index contributed by atoms with van der Waals surface area (Å²) >= 11 is 0. The molecule has 2 aliphatic rings. The highest BCUT2D eigenvalue weighted by Gasteiger charge is 2.46. The zero-order chi connectivity index (χ0) is 68.6. The Bertz CT molecular complexity index is 3470. The number of benzene rings is 6. The molecule has 6 atom stereocenters. The number of methoxy groups -OCH3 is 8. The molecule has 24 nitrogen and oxygen atoms in total. The summed E-state index contributed by atoms with van der Waals surface area (Å²) in [5.41, 5.74) is 6.23. The number of likely N-dealkylation sites (N-methyl/N-ethyl adjacent to an activating group) is 2. The zero-order valence-electron chi connectivity index (χ0n) is 54.6. The van der Waals surface area contributed by atoms with Gasteiger partial charge >= 0.3 is 11.9 Å². The first-order chi connectivity index (χ1) is 45.0. The van der Waals surface area contributed by atoms with E-state index in [4.69, 9.17) is 56.8 Å². The van der Waals surface area contributed by atoms with Gasteiger partial charge in [-0.2, -0.15) is 0 Å². The van der Waals surface area contributed by atoms with Gasteiger partial charge in [-0.1, -0.05) is 48.5 Å². The van der Waals surface area contributed by atoms with Crippen LogP contribution in [0.3, 0.4) is 0 Å². The minimum absolute atomic E-state index is 0.105. The second-order valence-electron chi connectivity index (χ2n) is 22.6. The Morgan fingerprint density at radius 3 is 1.07 bits per heavy atom. The van der Waals surface area contributed by atoms with E-state index in [0.29, 0.717) is 132 Å². The number of unbranched alkanes of at least 4 members (excludes halogenated alkanes) is 3. The minimum Gasteiger partial charge on any atom is -0.744 e. The molecule has 2 aliphatic heterocycles. The Kier molecular flexibility index (Phi) is 27.7. The van der Waals surface area contributed by atoms with E-state index < -0.39 is 44.4 Å². The van der Waals surface area contributed by atoms with E-state index in [1.54, 1.807) is 69.0 Å². The van der Waals surface area contributed by atoms with Gasteiger partial charge in [0.15, 0.2) is 46.0 Å². The van der Waals surface area contributed by atoms with Gasteiger partial charge in [0.1, 0.15) is 45.4 Å². The normalized spacial score (nSPS) is 17.7. The lowest BCUT2D eigenvalue weighted by molar-refractivity contribution is -0.943. The monoisotopic (exact) mass is 1340 g/mol. The number of carbonyl (C=O) groups excluding carboxylic acids is 4. The van der Waals surface area contributed by atoms with Crippen LogP contribution in [0.1, 0.15) is 71.1 Å². The van der Waals surface area contributed by atoms with E-state index in [2.05, 4.69) is 14.1 Å². The molecule has 0 aromatic heterocycles. The van der Waals surface area contributed by atoms with E-state index >= 15 is 0 Å². The average molecular weight is 1350 g/mol. The number of ether oxygens (including phenoxy) is 12. The van der Waals surface area contributed by atoms with Crippen LogP contribution in [0.5, 0.6) is 46.0 Å². The number of carbonyl (C=O) groups is 4. The van der Waals surface area contributed by atoms with Gasteiger partial charge in [-0.3, -0.25) is 9.59 Å². The highest BCUT2D eigenvalue weighted by Crippen LogP contribution is 2.45. The molecule has 0 N–H and O–H groups in total. The van der Waals surface area contributed by atoms with Crippen molar-refractivity contribution in [3.05, 3.63) is 155 Å². The molecule has 6 aromatic carbocycles. The standard InChI is InChI=1S/C56H74N2O16.2C6H6O3S/c1-57(21-19-39-29-49(67-7)51(69-9)31-41(39)43(57)25-37-15-17-45(63-3)47(27-37)65-5)33-53(73-35-59)55(61)71-23-13-11-12-14-24-72-56(62)54(74-36-60)34-58(2)22-20-40-30-50(68-8)52(70-10)32-42(40)44(58)26-38-16-18-46(64-4)48(28-38)66-6;2*7-10(8,9)6-4-2-1-3-5-6/h15-18,27-32,35-36,43-44,53-54H,11-14,19-26,33-34H2,1-10H3;2*1-5H,(H,7,8,9)/q+2;;/p-2/t43-,44-,53-,54-,57?,58?;;/m1../s1. The predicted molar refractivity (Wildman–Crippen MR) is 341 cm³/mol. The first-order valence-electron chi connectivity index (χ1n) is 30.1. The smallest absolute Gasteiger partial charge is 0.353 e. The van der Waals surface area contributed by atoms with Crippen molar-refractivity contribution in [3.63, 3.8) is 0 Å². The molecule has 0 radical (unpaired) electrons. The quantitative estimate of drug-likeness (QED) is 0.00996. The molecular formula is C68H84N2O22S2. The molecule has 2 unspecified atom stereocenters. The summed E-state index contributed by atoms with van der Waals surface area (Å²) in [4.78, 5) is 50.7. The van der Waals surface area contributed by atoms with Crippen LogP contribution in [-0.2, 0) is 84.0 Å². The molecule has 94 heavy (non-hydrogen) atoms. The SMILES string of the molecule is COc1ccc(C[C@@H]2c3cc(OC)c(OC)cc3CC[N+]2(C)C[C@@H](OC=O)C(=O)OCCCCCCOC(=O)[C@@H](C[N+]2(C)CCc3cc(OC)c(OC)cc3[C@H]2Cc2ccc(OC)c(OC)c2)OC=O)cc1OC.O=S(=O)([O-])c1ccccc1.O=S(=O)([O-])c1ccccc1. The number of nitrogens with zero attached hydrogens (tertiary/aromatic N) is 2. The summed E-state index contributed by atoms with van der Waals surface area (Å²) < 4.78 is 130. The summed E-state index contributed by atoms with van der Waals surface area (Å²) in [6.45, 7) is 2.40. The maximum absolute atomic E-state index is 13.7. The Hall–Kier alpha value is -8.66. The van der Waals surface area contributed by atoms with Crippen molar-refractivity contribution >= 4 is 45.1 Å². The molecule has 0 bridgehead atoms. The van der Waals surface area contributed by atoms with E-state index in [0.717, 1.165) is 33.4 Å². The summed E-state index contributed by atoms with van der Waals surface area (Å²) in [5.74, 6) is 3.58. The van der Waals surface area contributed by atoms with Gasteiger partial charge in [0.05, 0.1) is 107 Å². The van der Waals surface area contributed by atoms with Crippen molar-refractivity contribution in [3.8, 4) is 46.0 Å². The number of quaternary nitrogens is 2. The van der Waals surface area contributed by atoms with Crippen molar-refractivity contribution in [2.45, 2.75) is 85.4 Å². The summed E-state index contributed by atoms with van der Waals surface area (Å²) in [5, 5.41) is 0. The van der Waals surface area contributed by atoms with Crippen LogP contribution in [0.2, 0.25) is 0 Å². The molecule has 8 rings (SSSR count). The molecule has 0 fully saturated rings. The lowest BCUT2D eigenvalue weighted by Crippen LogP contribution is -2.57. The Morgan fingerprint density at radius 2 is 0.777 bits per heavy atom. The molecule has 0 spiro atoms. The number of fused-ring (bicyclic) bond motifs is 2. The third kappa shape index (κ3) is 19.9. The Morgan fingerprint density at radius 1 is 0.457 bits per heavy atom. The van der Waals surface area contributed by atoms with Crippen molar-refractivity contribution in [1.29, 1.82) is 0 Å². The van der Waals surface area contributed by atoms with E-state index in [9.17, 15) is 45.1 Å². The molecule has 0 aliphatic carbocycles. The number of rotatable bonds is 31. The van der Waals surface area contributed by atoms with E-state index in [-0.39, 0.29) is 48.2 Å². The van der Waals surface area contributed by atoms with E-state index in [1.165, 1.54) is 48.5 Å². The summed E-state index contributed by atoms with van der Waals surface area (Å²) in [7, 11) is 8.38. The predicted octanol–water partition coefficient (Wildman–Crippen LogP) is 7.94. The fourth-order valence-corrected chi connectivity index (χ4v) is 12.7. The number of hydrogen-bond donors (Lipinski definition) is 0. The number of esters is 2. The molecule has 6 aromatic rings. The summed E-state index contributed by atoms with van der Waals surface area (Å²) in [6, 6.07) is 33.6. The second kappa shape index (κ2) is 35.0. The van der Waals surface area contributed by atoms with Gasteiger partial charge < -0.3 is 74.9 Å². The zero-order valence-corrected chi connectivity index (χ0v) is 56.2. The maximum Gasteiger partial charge on any atom is 0.353 e. The topological polar surface area (TPSA) is 293 Å². The molecule has 510 valence electrons. The fraction of sp³-hybridized carbons (Fsp3) is 0.412. The first kappa shape index (κ1) is 74.4. The second-order valence-corrected chi connectivity index (χ2v) is 25.4. The number of hydrogen-bond acceptors (Lipinski definition) is 22. The highest BCUT2D eigenvalue weighted by molar-refractivity contribution is 7.86. The van der Waals surface area contributed by atoms with Crippen LogP contribution in [0.4, 0.5) is 0 Å². The molecular weight excluding hydrogens is 1260 g/mol. The first-order valence-corrected chi connectivity index (χ1v) is 32.9. The van der Waals surface area contributed by atoms with Gasteiger partial charge in [0.25, 0.3) is 12.9 Å². The van der Waals surface area contributed by atoms with Crippen molar-refractivity contribution in [1.82, 2.24) is 0 Å². The van der Waals surface area contributed by atoms with Gasteiger partial charge in [0.2, 0.25) is 12.2 Å². The largest absolute Gasteiger partial charge is 0.744 e. The van der Waals surface area contributed by atoms with Crippen LogP contribution in [-0.4, -0.2) is 182 Å². The van der Waals surface area contributed by atoms with Gasteiger partial charge in [0, 0.05) is 36.8 Å². The maximum atomic E-state index is 13.7. The lowest BCUT2D eigenvalue weighted by Gasteiger charge is -2.46. The van der Waals surface area contributed by atoms with Crippen LogP contribution in [0.15, 0.2) is 131 Å². The molecule has 0 amide bonds. The van der Waals surface area contributed by atoms with Crippen LogP contribution >= 0.6 is 0 Å². The fourth-order valence-electron chi connectivity index (χ4n) is 11.7. The molecule has 0 saturated carbocycles. The van der Waals surface area contributed by atoms with Crippen molar-refractivity contribution < 1.29 is 111 Å². The third-order valence-corrected chi connectivity index (χ3v) is 18.5. The minimum atomic E-state index is -4.25. The van der Waals surface area contributed by atoms with Crippen molar-refractivity contribution in [2.75, 3.05) is 110 Å². The molecule has 0 saturated heterocycles.